The van der Waals surface area contributed by atoms with Gasteiger partial charge in [0, 0.05) is 23.1 Å². The average molecular weight is 417 g/mol. The van der Waals surface area contributed by atoms with Crippen molar-refractivity contribution in [2.24, 2.45) is 0 Å². The number of carbonyl (C=O) groups excluding carboxylic acids is 1. The number of thiophene rings is 1. The van der Waals surface area contributed by atoms with E-state index in [1.807, 2.05) is 5.38 Å². The second-order valence-electron chi connectivity index (χ2n) is 7.34. The fraction of sp³-hybridized carbons (Fsp3) is 0.500. The van der Waals surface area contributed by atoms with Crippen LogP contribution in [0.3, 0.4) is 0 Å². The highest BCUT2D eigenvalue weighted by atomic mass is 32.1. The van der Waals surface area contributed by atoms with Gasteiger partial charge in [-0.3, -0.25) is 9.59 Å². The molecule has 0 aromatic carbocycles. The molecule has 6 nitrogen and oxygen atoms in total. The van der Waals surface area contributed by atoms with Crippen molar-refractivity contribution >= 4 is 43.9 Å². The Labute approximate surface area is 171 Å². The van der Waals surface area contributed by atoms with E-state index in [2.05, 4.69) is 34.1 Å². The highest BCUT2D eigenvalue weighted by Crippen LogP contribution is 2.33. The van der Waals surface area contributed by atoms with Crippen LogP contribution in [0.25, 0.3) is 10.2 Å². The van der Waals surface area contributed by atoms with Crippen molar-refractivity contribution in [3.8, 4) is 0 Å². The van der Waals surface area contributed by atoms with E-state index in [9.17, 15) is 9.59 Å². The van der Waals surface area contributed by atoms with E-state index >= 15 is 0 Å². The summed E-state index contributed by atoms with van der Waals surface area (Å²) in [5.74, 6) is 0.850. The number of fused-ring (bicyclic) bond motifs is 3. The van der Waals surface area contributed by atoms with E-state index < -0.39 is 0 Å². The summed E-state index contributed by atoms with van der Waals surface area (Å²) in [6.45, 7) is 4.25. The molecule has 148 valence electrons. The fourth-order valence-corrected chi connectivity index (χ4v) is 5.65. The maximum atomic E-state index is 12.6. The molecule has 28 heavy (non-hydrogen) atoms. The Kier molecular flexibility index (Phi) is 5.59. The molecule has 4 rings (SSSR count). The number of aryl methyl sites for hydroxylation is 3. The van der Waals surface area contributed by atoms with Crippen molar-refractivity contribution in [2.45, 2.75) is 64.7 Å². The number of nitrogens with zero attached hydrogens (tertiary/aromatic N) is 2. The second-order valence-corrected chi connectivity index (χ2v) is 9.28. The van der Waals surface area contributed by atoms with E-state index in [0.29, 0.717) is 23.3 Å². The number of aromatic nitrogens is 3. The molecular weight excluding hydrogens is 392 g/mol. The van der Waals surface area contributed by atoms with Gasteiger partial charge in [-0.05, 0) is 43.6 Å². The van der Waals surface area contributed by atoms with Crippen LogP contribution in [0.4, 0.5) is 5.13 Å². The van der Waals surface area contributed by atoms with Crippen LogP contribution in [0.2, 0.25) is 0 Å². The monoisotopic (exact) mass is 416 g/mol. The number of hydrogen-bond acceptors (Lipinski definition) is 6. The first-order valence-corrected chi connectivity index (χ1v) is 11.5. The lowest BCUT2D eigenvalue weighted by molar-refractivity contribution is -0.116. The molecule has 1 unspecified atom stereocenters. The Morgan fingerprint density at radius 1 is 1.32 bits per heavy atom. The molecule has 8 heteroatoms. The van der Waals surface area contributed by atoms with Gasteiger partial charge in [-0.2, -0.15) is 0 Å². The maximum Gasteiger partial charge on any atom is 0.259 e. The van der Waals surface area contributed by atoms with Crippen LogP contribution in [0.1, 0.15) is 67.4 Å². The second kappa shape index (κ2) is 8.13. The smallest absolute Gasteiger partial charge is 0.259 e. The average Bonchev–Trinajstić information content (AvgIpc) is 3.30. The summed E-state index contributed by atoms with van der Waals surface area (Å²) in [4.78, 5) is 38.9. The fourth-order valence-electron chi connectivity index (χ4n) is 3.52. The molecule has 0 spiro atoms. The van der Waals surface area contributed by atoms with E-state index in [1.165, 1.54) is 28.2 Å². The van der Waals surface area contributed by atoms with Gasteiger partial charge in [0.05, 0.1) is 11.1 Å². The summed E-state index contributed by atoms with van der Waals surface area (Å²) < 4.78 is 0. The third-order valence-corrected chi connectivity index (χ3v) is 7.31. The summed E-state index contributed by atoms with van der Waals surface area (Å²) in [6, 6.07) is 0. The zero-order chi connectivity index (χ0) is 19.7. The molecule has 1 amide bonds. The lowest BCUT2D eigenvalue weighted by atomic mass is 9.97. The van der Waals surface area contributed by atoms with Gasteiger partial charge in [-0.1, -0.05) is 13.8 Å². The van der Waals surface area contributed by atoms with Crippen LogP contribution >= 0.6 is 22.7 Å². The van der Waals surface area contributed by atoms with Crippen molar-refractivity contribution in [2.75, 3.05) is 5.32 Å². The molecule has 0 radical (unpaired) electrons. The number of aromatic amines is 1. The number of nitrogens with one attached hydrogen (secondary N) is 2. The first kappa shape index (κ1) is 19.3. The van der Waals surface area contributed by atoms with Crippen LogP contribution in [0, 0.1) is 0 Å². The molecule has 0 fully saturated rings. The van der Waals surface area contributed by atoms with Crippen molar-refractivity contribution < 1.29 is 4.79 Å². The molecule has 1 atom stereocenters. The Morgan fingerprint density at radius 2 is 2.14 bits per heavy atom. The third-order valence-electron chi connectivity index (χ3n) is 5.35. The van der Waals surface area contributed by atoms with Gasteiger partial charge in [-0.15, -0.1) is 22.7 Å². The summed E-state index contributed by atoms with van der Waals surface area (Å²) >= 11 is 3.08. The predicted octanol–water partition coefficient (Wildman–Crippen LogP) is 4.40. The minimum atomic E-state index is -0.113. The minimum absolute atomic E-state index is 0.0714. The predicted molar refractivity (Wildman–Crippen MR) is 115 cm³/mol. The van der Waals surface area contributed by atoms with Gasteiger partial charge in [0.1, 0.15) is 10.7 Å². The van der Waals surface area contributed by atoms with Crippen molar-refractivity contribution in [1.82, 2.24) is 15.0 Å². The molecule has 2 N–H and O–H groups in total. The van der Waals surface area contributed by atoms with Gasteiger partial charge in [-0.25, -0.2) is 9.97 Å². The van der Waals surface area contributed by atoms with E-state index in [1.54, 1.807) is 11.3 Å². The first-order chi connectivity index (χ1) is 13.5. The van der Waals surface area contributed by atoms with E-state index in [4.69, 9.17) is 0 Å². The number of anilines is 1. The van der Waals surface area contributed by atoms with Gasteiger partial charge in [0.25, 0.3) is 5.56 Å². The van der Waals surface area contributed by atoms with Crippen LogP contribution in [0.5, 0.6) is 0 Å². The van der Waals surface area contributed by atoms with Crippen LogP contribution in [-0.4, -0.2) is 20.9 Å². The highest BCUT2D eigenvalue weighted by molar-refractivity contribution is 7.18. The zero-order valence-electron chi connectivity index (χ0n) is 16.1. The van der Waals surface area contributed by atoms with Crippen LogP contribution in [-0.2, 0) is 24.1 Å². The van der Waals surface area contributed by atoms with Gasteiger partial charge in [0.15, 0.2) is 5.13 Å². The third kappa shape index (κ3) is 3.89. The van der Waals surface area contributed by atoms with E-state index in [-0.39, 0.29) is 17.9 Å². The largest absolute Gasteiger partial charge is 0.310 e. The van der Waals surface area contributed by atoms with Gasteiger partial charge >= 0.3 is 0 Å². The van der Waals surface area contributed by atoms with Crippen molar-refractivity contribution in [3.63, 3.8) is 0 Å². The quantitative estimate of drug-likeness (QED) is 0.623. The molecule has 3 aromatic heterocycles. The molecule has 1 aliphatic carbocycles. The zero-order valence-corrected chi connectivity index (χ0v) is 17.8. The topological polar surface area (TPSA) is 87.7 Å². The molecule has 3 aromatic rings. The number of hydrogen-bond donors (Lipinski definition) is 2. The molecular formula is C20H24N4O2S2. The molecule has 0 bridgehead atoms. The first-order valence-electron chi connectivity index (χ1n) is 9.84. The summed E-state index contributed by atoms with van der Waals surface area (Å²) in [6.07, 6.45) is 6.01. The van der Waals surface area contributed by atoms with Gasteiger partial charge < -0.3 is 10.3 Å². The SMILES string of the molecule is CCC(C)c1csc(NC(=O)CCc2nc3sc4c(c3c(=O)[nH]2)CCCC4)n1. The summed E-state index contributed by atoms with van der Waals surface area (Å²) in [5.41, 5.74) is 2.13. The molecule has 0 saturated carbocycles. The Hall–Kier alpha value is -2.06. The molecule has 0 aliphatic heterocycles. The summed E-state index contributed by atoms with van der Waals surface area (Å²) in [7, 11) is 0. The number of carbonyl (C=O) groups is 1. The molecule has 3 heterocycles. The van der Waals surface area contributed by atoms with Crippen LogP contribution in [0.15, 0.2) is 10.2 Å². The Balaban J connectivity index is 1.43. The summed E-state index contributed by atoms with van der Waals surface area (Å²) in [5, 5.41) is 6.24. The molecule has 1 aliphatic rings. The van der Waals surface area contributed by atoms with Gasteiger partial charge in [0.2, 0.25) is 5.91 Å². The van der Waals surface area contributed by atoms with E-state index in [0.717, 1.165) is 41.6 Å². The van der Waals surface area contributed by atoms with Crippen molar-refractivity contribution in [3.05, 3.63) is 37.7 Å². The standard InChI is InChI=1S/C20H24N4O2S2/c1-3-11(2)13-10-27-20(21-13)24-16(25)9-8-15-22-18(26)17-12-6-4-5-7-14(12)28-19(17)23-15/h10-11H,3-9H2,1-2H3,(H,21,24,25)(H,22,23,26). The minimum Gasteiger partial charge on any atom is -0.310 e. The number of H-pyrrole nitrogens is 1. The number of thiazole rings is 1. The Bertz CT molecular complexity index is 1070. The normalized spacial score (nSPS) is 14.8. The van der Waals surface area contributed by atoms with Crippen molar-refractivity contribution in [1.29, 1.82) is 0 Å². The van der Waals surface area contributed by atoms with Crippen LogP contribution < -0.4 is 10.9 Å². The Morgan fingerprint density at radius 3 is 2.96 bits per heavy atom. The lowest BCUT2D eigenvalue weighted by Gasteiger charge is -2.09. The number of amides is 1. The number of rotatable bonds is 6. The lowest BCUT2D eigenvalue weighted by Crippen LogP contribution is -2.16. The highest BCUT2D eigenvalue weighted by Gasteiger charge is 2.20. The maximum absolute atomic E-state index is 12.6. The molecule has 0 saturated heterocycles.